The van der Waals surface area contributed by atoms with Gasteiger partial charge in [-0.2, -0.15) is 0 Å². The quantitative estimate of drug-likeness (QED) is 0.467. The molecule has 0 aliphatic heterocycles. The van der Waals surface area contributed by atoms with Crippen LogP contribution in [0.1, 0.15) is 52.9 Å². The largest absolute Gasteiger partial charge is 0.383 e. The van der Waals surface area contributed by atoms with Gasteiger partial charge >= 0.3 is 0 Å². The lowest BCUT2D eigenvalue weighted by molar-refractivity contribution is 0.179. The van der Waals surface area contributed by atoms with E-state index in [2.05, 4.69) is 24.2 Å². The lowest BCUT2D eigenvalue weighted by Crippen LogP contribution is -2.41. The molecule has 4 nitrogen and oxygen atoms in total. The molecule has 3 N–H and O–H groups in total. The number of methoxy groups -OCH3 is 1. The van der Waals surface area contributed by atoms with E-state index in [9.17, 15) is 0 Å². The van der Waals surface area contributed by atoms with E-state index >= 15 is 0 Å². The van der Waals surface area contributed by atoms with E-state index in [0.29, 0.717) is 18.5 Å². The Morgan fingerprint density at radius 2 is 2.00 bits per heavy atom. The lowest BCUT2D eigenvalue weighted by atomic mass is 9.97. The molecular weight excluding hydrogens is 226 g/mol. The fourth-order valence-corrected chi connectivity index (χ4v) is 2.05. The van der Waals surface area contributed by atoms with Gasteiger partial charge in [-0.05, 0) is 25.7 Å². The molecule has 0 radical (unpaired) electrons. The molecule has 0 fully saturated rings. The van der Waals surface area contributed by atoms with Gasteiger partial charge in [-0.15, -0.1) is 0 Å². The SMILES string of the molecule is CCCCC(CCC)CN=C(N)NC(C)COC. The van der Waals surface area contributed by atoms with E-state index in [1.54, 1.807) is 7.11 Å². The monoisotopic (exact) mass is 257 g/mol. The van der Waals surface area contributed by atoms with Crippen molar-refractivity contribution >= 4 is 5.96 Å². The Bertz CT molecular complexity index is 219. The Morgan fingerprint density at radius 3 is 2.56 bits per heavy atom. The molecule has 0 aromatic heterocycles. The predicted octanol–water partition coefficient (Wildman–Crippen LogP) is 2.53. The molecule has 0 rings (SSSR count). The standard InChI is InChI=1S/C14H31N3O/c1-5-7-9-13(8-6-2)10-16-14(15)17-12(3)11-18-4/h12-13H,5-11H2,1-4H3,(H3,15,16,17). The highest BCUT2D eigenvalue weighted by atomic mass is 16.5. The summed E-state index contributed by atoms with van der Waals surface area (Å²) >= 11 is 0. The number of hydrogen-bond donors (Lipinski definition) is 2. The van der Waals surface area contributed by atoms with Crippen LogP contribution in [0.4, 0.5) is 0 Å². The first kappa shape index (κ1) is 17.2. The summed E-state index contributed by atoms with van der Waals surface area (Å²) in [5.74, 6) is 1.21. The van der Waals surface area contributed by atoms with Gasteiger partial charge in [0.15, 0.2) is 5.96 Å². The van der Waals surface area contributed by atoms with Crippen LogP contribution in [0.15, 0.2) is 4.99 Å². The van der Waals surface area contributed by atoms with Crippen molar-refractivity contribution in [2.24, 2.45) is 16.6 Å². The van der Waals surface area contributed by atoms with E-state index in [1.165, 1.54) is 32.1 Å². The highest BCUT2D eigenvalue weighted by Crippen LogP contribution is 2.15. The zero-order chi connectivity index (χ0) is 13.8. The summed E-state index contributed by atoms with van der Waals surface area (Å²) < 4.78 is 5.05. The number of unbranched alkanes of at least 4 members (excludes halogenated alkanes) is 1. The van der Waals surface area contributed by atoms with Gasteiger partial charge in [0, 0.05) is 19.7 Å². The first-order chi connectivity index (χ1) is 8.63. The number of hydrogen-bond acceptors (Lipinski definition) is 2. The topological polar surface area (TPSA) is 59.6 Å². The predicted molar refractivity (Wildman–Crippen MR) is 78.9 cm³/mol. The van der Waals surface area contributed by atoms with Crippen molar-refractivity contribution in [2.75, 3.05) is 20.3 Å². The molecule has 0 aliphatic rings. The molecule has 0 amide bonds. The van der Waals surface area contributed by atoms with Crippen LogP contribution in [0.5, 0.6) is 0 Å². The minimum Gasteiger partial charge on any atom is -0.383 e. The first-order valence-corrected chi connectivity index (χ1v) is 7.19. The van der Waals surface area contributed by atoms with Gasteiger partial charge < -0.3 is 15.8 Å². The summed E-state index contributed by atoms with van der Waals surface area (Å²) in [4.78, 5) is 4.45. The number of rotatable bonds is 10. The van der Waals surface area contributed by atoms with Gasteiger partial charge in [0.2, 0.25) is 0 Å². The molecular formula is C14H31N3O. The van der Waals surface area contributed by atoms with Crippen LogP contribution in [0.2, 0.25) is 0 Å². The Kier molecular flexibility index (Phi) is 10.8. The van der Waals surface area contributed by atoms with Crippen LogP contribution in [0, 0.1) is 5.92 Å². The minimum atomic E-state index is 0.207. The number of nitrogens with two attached hydrogens (primary N) is 1. The lowest BCUT2D eigenvalue weighted by Gasteiger charge is -2.16. The fourth-order valence-electron chi connectivity index (χ4n) is 2.05. The summed E-state index contributed by atoms with van der Waals surface area (Å²) in [5, 5.41) is 3.14. The molecule has 2 unspecified atom stereocenters. The summed E-state index contributed by atoms with van der Waals surface area (Å²) in [7, 11) is 1.69. The summed E-state index contributed by atoms with van der Waals surface area (Å²) in [6.07, 6.45) is 6.26. The van der Waals surface area contributed by atoms with E-state index < -0.39 is 0 Å². The van der Waals surface area contributed by atoms with Crippen LogP contribution in [0.25, 0.3) is 0 Å². The zero-order valence-electron chi connectivity index (χ0n) is 12.5. The maximum atomic E-state index is 5.86. The van der Waals surface area contributed by atoms with Crippen molar-refractivity contribution in [3.05, 3.63) is 0 Å². The van der Waals surface area contributed by atoms with Crippen LogP contribution in [0.3, 0.4) is 0 Å². The van der Waals surface area contributed by atoms with Crippen LogP contribution >= 0.6 is 0 Å². The molecule has 18 heavy (non-hydrogen) atoms. The second kappa shape index (κ2) is 11.3. The maximum Gasteiger partial charge on any atom is 0.188 e. The smallest absolute Gasteiger partial charge is 0.188 e. The molecule has 0 saturated carbocycles. The van der Waals surface area contributed by atoms with Crippen molar-refractivity contribution in [1.82, 2.24) is 5.32 Å². The molecule has 0 saturated heterocycles. The van der Waals surface area contributed by atoms with Crippen LogP contribution in [-0.4, -0.2) is 32.3 Å². The number of ether oxygens (including phenoxy) is 1. The van der Waals surface area contributed by atoms with E-state index in [1.807, 2.05) is 6.92 Å². The molecule has 4 heteroatoms. The van der Waals surface area contributed by atoms with Gasteiger partial charge in [-0.3, -0.25) is 4.99 Å². The van der Waals surface area contributed by atoms with E-state index in [0.717, 1.165) is 6.54 Å². The molecule has 0 spiro atoms. The number of aliphatic imine (C=N–C) groups is 1. The summed E-state index contributed by atoms with van der Waals surface area (Å²) in [5.41, 5.74) is 5.86. The first-order valence-electron chi connectivity index (χ1n) is 7.19. The third kappa shape index (κ3) is 9.28. The van der Waals surface area contributed by atoms with Crippen molar-refractivity contribution in [3.8, 4) is 0 Å². The second-order valence-corrected chi connectivity index (χ2v) is 5.02. The van der Waals surface area contributed by atoms with Crippen LogP contribution in [-0.2, 0) is 4.74 Å². The Balaban J connectivity index is 4.03. The average molecular weight is 257 g/mol. The van der Waals surface area contributed by atoms with Crippen molar-refractivity contribution < 1.29 is 4.74 Å². The zero-order valence-corrected chi connectivity index (χ0v) is 12.5. The van der Waals surface area contributed by atoms with Crippen molar-refractivity contribution in [2.45, 2.75) is 58.9 Å². The molecule has 0 bridgehead atoms. The Hall–Kier alpha value is -0.770. The van der Waals surface area contributed by atoms with E-state index in [-0.39, 0.29) is 6.04 Å². The number of guanidine groups is 1. The normalized spacial score (nSPS) is 15.4. The minimum absolute atomic E-state index is 0.207. The Morgan fingerprint density at radius 1 is 1.28 bits per heavy atom. The summed E-state index contributed by atoms with van der Waals surface area (Å²) in [6.45, 7) is 7.98. The molecule has 2 atom stereocenters. The number of nitrogens with zero attached hydrogens (tertiary/aromatic N) is 1. The molecule has 0 aromatic carbocycles. The van der Waals surface area contributed by atoms with Gasteiger partial charge in [0.25, 0.3) is 0 Å². The Labute approximate surface area is 112 Å². The highest BCUT2D eigenvalue weighted by molar-refractivity contribution is 5.78. The third-order valence-corrected chi connectivity index (χ3v) is 2.99. The van der Waals surface area contributed by atoms with E-state index in [4.69, 9.17) is 10.5 Å². The van der Waals surface area contributed by atoms with Gasteiger partial charge in [-0.25, -0.2) is 0 Å². The fraction of sp³-hybridized carbons (Fsp3) is 0.929. The molecule has 0 aromatic rings. The van der Waals surface area contributed by atoms with Gasteiger partial charge in [-0.1, -0.05) is 33.1 Å². The second-order valence-electron chi connectivity index (χ2n) is 5.02. The maximum absolute atomic E-state index is 5.86. The molecule has 0 heterocycles. The molecule has 0 aliphatic carbocycles. The van der Waals surface area contributed by atoms with Gasteiger partial charge in [0.05, 0.1) is 6.61 Å². The highest BCUT2D eigenvalue weighted by Gasteiger charge is 2.07. The average Bonchev–Trinajstić information content (AvgIpc) is 2.33. The van der Waals surface area contributed by atoms with Crippen LogP contribution < -0.4 is 11.1 Å². The summed E-state index contributed by atoms with van der Waals surface area (Å²) in [6, 6.07) is 0.207. The van der Waals surface area contributed by atoms with Gasteiger partial charge in [0.1, 0.15) is 0 Å². The van der Waals surface area contributed by atoms with Crippen molar-refractivity contribution in [3.63, 3.8) is 0 Å². The molecule has 108 valence electrons. The number of nitrogens with one attached hydrogen (secondary N) is 1. The third-order valence-electron chi connectivity index (χ3n) is 2.99. The van der Waals surface area contributed by atoms with Crippen molar-refractivity contribution in [1.29, 1.82) is 0 Å².